The number of nitrogens with zero attached hydrogens (tertiary/aromatic N) is 2. The lowest BCUT2D eigenvalue weighted by atomic mass is 9.67. The smallest absolute Gasteiger partial charge is 0.138 e. The number of hydrogen-bond donors (Lipinski definition) is 0. The van der Waals surface area contributed by atoms with E-state index in [0.717, 1.165) is 22.6 Å². The zero-order chi connectivity index (χ0) is 36.1. The minimum atomic E-state index is -0.439. The summed E-state index contributed by atoms with van der Waals surface area (Å²) in [7, 11) is 0. The predicted molar refractivity (Wildman–Crippen MR) is 227 cm³/mol. The SMILES string of the molecule is C1=CC2C=Cc3c(c4cc5c(cc4n3-c3cc(-c4ccccc4)cc(-c4ccccc4)n3)Sc3ccccc3C53c4ccccc4-c4ccccc43)C2C=C1. The van der Waals surface area contributed by atoms with E-state index in [1.807, 2.05) is 11.8 Å². The Morgan fingerprint density at radius 1 is 0.527 bits per heavy atom. The van der Waals surface area contributed by atoms with Gasteiger partial charge in [-0.2, -0.15) is 0 Å². The van der Waals surface area contributed by atoms with Crippen molar-refractivity contribution in [3.05, 3.63) is 222 Å². The van der Waals surface area contributed by atoms with Crippen molar-refractivity contribution in [1.29, 1.82) is 0 Å². The Balaban J connectivity index is 1.20. The van der Waals surface area contributed by atoms with Crippen LogP contribution in [0.25, 0.3) is 56.3 Å². The average molecular weight is 719 g/mol. The zero-order valence-electron chi connectivity index (χ0n) is 29.9. The van der Waals surface area contributed by atoms with Crippen molar-refractivity contribution in [1.82, 2.24) is 9.55 Å². The van der Waals surface area contributed by atoms with E-state index in [4.69, 9.17) is 4.98 Å². The minimum Gasteiger partial charge on any atom is -0.294 e. The van der Waals surface area contributed by atoms with Crippen LogP contribution in [-0.4, -0.2) is 9.55 Å². The fourth-order valence-corrected chi connectivity index (χ4v) is 11.1. The van der Waals surface area contributed by atoms with Gasteiger partial charge in [-0.15, -0.1) is 0 Å². The zero-order valence-corrected chi connectivity index (χ0v) is 30.7. The molecular formula is C52H34N2S. The second-order valence-electron chi connectivity index (χ2n) is 15.0. The third-order valence-corrected chi connectivity index (χ3v) is 13.4. The van der Waals surface area contributed by atoms with Crippen LogP contribution in [0.4, 0.5) is 0 Å². The van der Waals surface area contributed by atoms with Gasteiger partial charge in [0.25, 0.3) is 0 Å². The summed E-state index contributed by atoms with van der Waals surface area (Å²) in [6, 6.07) is 58.2. The van der Waals surface area contributed by atoms with Crippen molar-refractivity contribution >= 4 is 28.7 Å². The van der Waals surface area contributed by atoms with E-state index in [1.165, 1.54) is 70.9 Å². The molecule has 12 rings (SSSR count). The van der Waals surface area contributed by atoms with Crippen LogP contribution in [0.15, 0.2) is 198 Å². The van der Waals surface area contributed by atoms with Crippen molar-refractivity contribution in [2.24, 2.45) is 5.92 Å². The van der Waals surface area contributed by atoms with E-state index >= 15 is 0 Å². The molecule has 55 heavy (non-hydrogen) atoms. The van der Waals surface area contributed by atoms with Gasteiger partial charge in [0.2, 0.25) is 0 Å². The Morgan fingerprint density at radius 2 is 1.18 bits per heavy atom. The van der Waals surface area contributed by atoms with Crippen LogP contribution in [0.5, 0.6) is 0 Å². The minimum absolute atomic E-state index is 0.223. The van der Waals surface area contributed by atoms with Gasteiger partial charge < -0.3 is 0 Å². The van der Waals surface area contributed by atoms with Crippen LogP contribution in [-0.2, 0) is 5.41 Å². The Hall–Kier alpha value is -6.42. The molecule has 4 aliphatic rings. The maximum absolute atomic E-state index is 5.50. The van der Waals surface area contributed by atoms with E-state index in [0.29, 0.717) is 5.92 Å². The molecular weight excluding hydrogens is 685 g/mol. The highest BCUT2D eigenvalue weighted by atomic mass is 32.2. The molecule has 3 aliphatic carbocycles. The highest BCUT2D eigenvalue weighted by molar-refractivity contribution is 7.99. The quantitative estimate of drug-likeness (QED) is 0.181. The van der Waals surface area contributed by atoms with Crippen LogP contribution in [0.2, 0.25) is 0 Å². The van der Waals surface area contributed by atoms with Gasteiger partial charge in [0.15, 0.2) is 0 Å². The summed E-state index contributed by atoms with van der Waals surface area (Å²) in [5, 5.41) is 1.29. The summed E-state index contributed by atoms with van der Waals surface area (Å²) in [5.41, 5.74) is 15.8. The third kappa shape index (κ3) is 4.36. The molecule has 1 spiro atoms. The first-order chi connectivity index (χ1) is 27.3. The van der Waals surface area contributed by atoms with E-state index in [-0.39, 0.29) is 5.92 Å². The monoisotopic (exact) mass is 718 g/mol. The molecule has 1 aliphatic heterocycles. The van der Waals surface area contributed by atoms with Gasteiger partial charge in [-0.1, -0.05) is 170 Å². The fraction of sp³-hybridized carbons (Fsp3) is 0.0577. The molecule has 0 amide bonds. The van der Waals surface area contributed by atoms with Crippen molar-refractivity contribution in [2.45, 2.75) is 21.1 Å². The van der Waals surface area contributed by atoms with Crippen LogP contribution in [0.1, 0.15) is 39.4 Å². The highest BCUT2D eigenvalue weighted by Crippen LogP contribution is 2.63. The summed E-state index contributed by atoms with van der Waals surface area (Å²) in [6.07, 6.45) is 13.9. The molecule has 2 nitrogen and oxygen atoms in total. The molecule has 0 N–H and O–H groups in total. The normalized spacial score (nSPS) is 17.7. The number of rotatable bonds is 3. The first kappa shape index (κ1) is 31.0. The Labute approximate surface area is 324 Å². The molecule has 2 atom stereocenters. The summed E-state index contributed by atoms with van der Waals surface area (Å²) in [5.74, 6) is 1.45. The number of fused-ring (bicyclic) bond motifs is 14. The van der Waals surface area contributed by atoms with Gasteiger partial charge in [0, 0.05) is 32.6 Å². The van der Waals surface area contributed by atoms with Crippen LogP contribution < -0.4 is 0 Å². The van der Waals surface area contributed by atoms with Crippen molar-refractivity contribution in [3.8, 4) is 39.3 Å². The Kier molecular flexibility index (Phi) is 6.64. The van der Waals surface area contributed by atoms with Crippen molar-refractivity contribution in [3.63, 3.8) is 0 Å². The van der Waals surface area contributed by atoms with Crippen molar-refractivity contribution < 1.29 is 0 Å². The van der Waals surface area contributed by atoms with Crippen molar-refractivity contribution in [2.75, 3.05) is 0 Å². The maximum atomic E-state index is 5.50. The molecule has 0 saturated carbocycles. The van der Waals surface area contributed by atoms with Gasteiger partial charge in [-0.3, -0.25) is 4.57 Å². The molecule has 0 saturated heterocycles. The molecule has 0 bridgehead atoms. The van der Waals surface area contributed by atoms with Gasteiger partial charge in [0.1, 0.15) is 5.82 Å². The number of hydrogen-bond acceptors (Lipinski definition) is 2. The molecule has 3 heterocycles. The molecule has 3 heteroatoms. The van der Waals surface area contributed by atoms with E-state index in [1.54, 1.807) is 0 Å². The van der Waals surface area contributed by atoms with E-state index in [2.05, 4.69) is 199 Å². The molecule has 8 aromatic rings. The average Bonchev–Trinajstić information content (AvgIpc) is 3.74. The molecule has 6 aromatic carbocycles. The van der Waals surface area contributed by atoms with Gasteiger partial charge in [-0.05, 0) is 86.5 Å². The molecule has 2 unspecified atom stereocenters. The molecule has 258 valence electrons. The Morgan fingerprint density at radius 3 is 1.95 bits per heavy atom. The second-order valence-corrected chi connectivity index (χ2v) is 16.1. The lowest BCUT2D eigenvalue weighted by Gasteiger charge is -2.40. The van der Waals surface area contributed by atoms with Gasteiger partial charge >= 0.3 is 0 Å². The summed E-state index contributed by atoms with van der Waals surface area (Å²) in [4.78, 5) is 8.10. The maximum Gasteiger partial charge on any atom is 0.138 e. The van der Waals surface area contributed by atoms with Crippen LogP contribution in [0.3, 0.4) is 0 Å². The lowest BCUT2D eigenvalue weighted by molar-refractivity contribution is 0.692. The molecule has 0 fully saturated rings. The van der Waals surface area contributed by atoms with E-state index < -0.39 is 5.41 Å². The number of benzene rings is 6. The third-order valence-electron chi connectivity index (χ3n) is 12.2. The van der Waals surface area contributed by atoms with Gasteiger partial charge in [0.05, 0.1) is 22.3 Å². The number of pyridine rings is 1. The largest absolute Gasteiger partial charge is 0.294 e. The topological polar surface area (TPSA) is 17.8 Å². The summed E-state index contributed by atoms with van der Waals surface area (Å²) < 4.78 is 2.45. The van der Waals surface area contributed by atoms with Crippen LogP contribution in [0, 0.1) is 5.92 Å². The molecule has 2 aromatic heterocycles. The fourth-order valence-electron chi connectivity index (χ4n) is 9.93. The summed E-state index contributed by atoms with van der Waals surface area (Å²) >= 11 is 1.90. The van der Waals surface area contributed by atoms with Crippen LogP contribution >= 0.6 is 11.8 Å². The second kappa shape index (κ2) is 11.8. The highest BCUT2D eigenvalue weighted by Gasteiger charge is 2.50. The van der Waals surface area contributed by atoms with Gasteiger partial charge in [-0.25, -0.2) is 4.98 Å². The first-order valence-electron chi connectivity index (χ1n) is 19.1. The molecule has 0 radical (unpaired) electrons. The predicted octanol–water partition coefficient (Wildman–Crippen LogP) is 13.0. The summed E-state index contributed by atoms with van der Waals surface area (Å²) in [6.45, 7) is 0. The van der Waals surface area contributed by atoms with E-state index in [9.17, 15) is 0 Å². The number of allylic oxidation sites excluding steroid dienone is 5. The lowest BCUT2D eigenvalue weighted by Crippen LogP contribution is -2.32. The number of aromatic nitrogens is 2. The Bertz CT molecular complexity index is 2860. The first-order valence-corrected chi connectivity index (χ1v) is 19.9. The standard InChI is InChI=1S/C52H34N2S/c1-3-15-33(16-4-1)36-29-45(35-18-5-2-6-19-35)53-50(30-36)54-46-28-27-34-17-7-8-20-37(34)51(46)40-31-44-49(32-47(40)54)55-48-26-14-13-25-43(48)52(44)41-23-11-9-21-38(41)39-22-10-12-24-42(39)52/h1-32,34,37H.